The molecule has 0 aliphatic heterocycles. The fraction of sp³-hybridized carbons (Fsp3) is 0. The van der Waals surface area contributed by atoms with E-state index < -0.39 is 23.3 Å². The summed E-state index contributed by atoms with van der Waals surface area (Å²) in [6, 6.07) is 3.22. The van der Waals surface area contributed by atoms with Crippen molar-refractivity contribution in [2.75, 3.05) is 5.73 Å². The molecule has 8 heteroatoms. The van der Waals surface area contributed by atoms with E-state index in [2.05, 4.69) is 4.98 Å². The molecule has 108 valence electrons. The summed E-state index contributed by atoms with van der Waals surface area (Å²) in [5.74, 6) is -4.55. The number of hydrogen-bond acceptors (Lipinski definition) is 2. The molecular weight excluding hydrogens is 310 g/mol. The van der Waals surface area contributed by atoms with E-state index in [0.717, 1.165) is 10.6 Å². The highest BCUT2D eigenvalue weighted by Crippen LogP contribution is 2.29. The largest absolute Gasteiger partial charge is 0.369 e. The van der Waals surface area contributed by atoms with E-state index in [-0.39, 0.29) is 27.7 Å². The van der Waals surface area contributed by atoms with Gasteiger partial charge < -0.3 is 5.73 Å². The van der Waals surface area contributed by atoms with Gasteiger partial charge in [0.25, 0.3) is 0 Å². The van der Waals surface area contributed by atoms with Crippen molar-refractivity contribution in [3.8, 4) is 5.69 Å². The van der Waals surface area contributed by atoms with Crippen LogP contribution in [0.25, 0.3) is 16.7 Å². The lowest BCUT2D eigenvalue weighted by molar-refractivity contribution is 0.493. The van der Waals surface area contributed by atoms with Crippen LogP contribution < -0.4 is 5.73 Å². The summed E-state index contributed by atoms with van der Waals surface area (Å²) in [4.78, 5) is 3.84. The number of aromatic nitrogens is 2. The Balaban J connectivity index is 2.37. The van der Waals surface area contributed by atoms with Gasteiger partial charge in [0.1, 0.15) is 11.6 Å². The summed E-state index contributed by atoms with van der Waals surface area (Å²) >= 11 is 5.67. The molecule has 0 saturated heterocycles. The van der Waals surface area contributed by atoms with Crippen LogP contribution in [-0.2, 0) is 0 Å². The average molecular weight is 316 g/mol. The maximum atomic E-state index is 13.9. The summed E-state index contributed by atoms with van der Waals surface area (Å²) in [6.07, 6.45) is 0. The highest BCUT2D eigenvalue weighted by molar-refractivity contribution is 6.31. The maximum absolute atomic E-state index is 13.9. The van der Waals surface area contributed by atoms with Crippen LogP contribution >= 0.6 is 11.6 Å². The Morgan fingerprint density at radius 2 is 1.57 bits per heavy atom. The molecule has 0 aliphatic carbocycles. The number of hydrogen-bond donors (Lipinski definition) is 1. The predicted molar refractivity (Wildman–Crippen MR) is 70.3 cm³/mol. The van der Waals surface area contributed by atoms with E-state index in [1.165, 1.54) is 6.07 Å². The number of anilines is 1. The van der Waals surface area contributed by atoms with Crippen LogP contribution in [0.5, 0.6) is 0 Å². The molecule has 0 amide bonds. The minimum absolute atomic E-state index is 0.110. The second-order valence-corrected chi connectivity index (χ2v) is 4.69. The van der Waals surface area contributed by atoms with Crippen molar-refractivity contribution < 1.29 is 17.6 Å². The standard InChI is InChI=1S/C13H6ClF4N3/c14-5-1-12-10(3-6(5)15)20-13(19)21(12)11-4-8(17)7(16)2-9(11)18/h1-4H,(H2,19,20). The van der Waals surface area contributed by atoms with Gasteiger partial charge in [-0.3, -0.25) is 4.57 Å². The van der Waals surface area contributed by atoms with Crippen LogP contribution in [0.15, 0.2) is 24.3 Å². The first-order chi connectivity index (χ1) is 9.88. The third-order valence-corrected chi connectivity index (χ3v) is 3.24. The van der Waals surface area contributed by atoms with Crippen molar-refractivity contribution in [3.63, 3.8) is 0 Å². The average Bonchev–Trinajstić information content (AvgIpc) is 2.70. The molecule has 1 aromatic heterocycles. The third-order valence-electron chi connectivity index (χ3n) is 2.95. The number of fused-ring (bicyclic) bond motifs is 1. The van der Waals surface area contributed by atoms with Gasteiger partial charge in [0.05, 0.1) is 21.7 Å². The molecule has 0 unspecified atom stereocenters. The lowest BCUT2D eigenvalue weighted by atomic mass is 10.2. The first kappa shape index (κ1) is 13.7. The normalized spacial score (nSPS) is 11.3. The Kier molecular flexibility index (Phi) is 3.02. The van der Waals surface area contributed by atoms with Gasteiger partial charge in [-0.1, -0.05) is 11.6 Å². The van der Waals surface area contributed by atoms with E-state index in [1.54, 1.807) is 0 Å². The summed E-state index contributed by atoms with van der Waals surface area (Å²) in [5.41, 5.74) is 5.58. The van der Waals surface area contributed by atoms with Crippen LogP contribution in [0.1, 0.15) is 0 Å². The molecule has 3 nitrogen and oxygen atoms in total. The van der Waals surface area contributed by atoms with E-state index in [1.807, 2.05) is 0 Å². The molecule has 1 heterocycles. The second kappa shape index (κ2) is 4.63. The Morgan fingerprint density at radius 3 is 2.29 bits per heavy atom. The molecule has 0 spiro atoms. The smallest absolute Gasteiger partial charge is 0.206 e. The molecule has 0 saturated carbocycles. The van der Waals surface area contributed by atoms with Gasteiger partial charge in [0.2, 0.25) is 5.95 Å². The van der Waals surface area contributed by atoms with Crippen molar-refractivity contribution in [3.05, 3.63) is 52.6 Å². The number of imidazole rings is 1. The summed E-state index contributed by atoms with van der Waals surface area (Å²) in [5, 5.41) is -0.230. The van der Waals surface area contributed by atoms with E-state index >= 15 is 0 Å². The highest BCUT2D eigenvalue weighted by Gasteiger charge is 2.18. The zero-order valence-corrected chi connectivity index (χ0v) is 10.9. The first-order valence-electron chi connectivity index (χ1n) is 5.66. The van der Waals surface area contributed by atoms with Gasteiger partial charge in [0.15, 0.2) is 11.6 Å². The Morgan fingerprint density at radius 1 is 0.905 bits per heavy atom. The Labute approximate surface area is 120 Å². The number of benzene rings is 2. The maximum Gasteiger partial charge on any atom is 0.206 e. The summed E-state index contributed by atoms with van der Waals surface area (Å²) < 4.78 is 54.6. The van der Waals surface area contributed by atoms with Gasteiger partial charge in [0, 0.05) is 18.2 Å². The Hall–Kier alpha value is -2.28. The van der Waals surface area contributed by atoms with Gasteiger partial charge in [-0.2, -0.15) is 0 Å². The zero-order chi connectivity index (χ0) is 15.3. The van der Waals surface area contributed by atoms with Crippen LogP contribution in [0.2, 0.25) is 5.02 Å². The molecule has 3 rings (SSSR count). The van der Waals surface area contributed by atoms with Crippen LogP contribution in [-0.4, -0.2) is 9.55 Å². The summed E-state index contributed by atoms with van der Waals surface area (Å²) in [7, 11) is 0. The van der Waals surface area contributed by atoms with Crippen molar-refractivity contribution >= 4 is 28.6 Å². The second-order valence-electron chi connectivity index (χ2n) is 4.28. The van der Waals surface area contributed by atoms with Crippen LogP contribution in [0.4, 0.5) is 23.5 Å². The van der Waals surface area contributed by atoms with Gasteiger partial charge in [-0.05, 0) is 6.07 Å². The molecule has 3 aromatic rings. The van der Waals surface area contributed by atoms with Crippen molar-refractivity contribution in [2.45, 2.75) is 0 Å². The number of halogens is 5. The predicted octanol–water partition coefficient (Wildman–Crippen LogP) is 3.82. The van der Waals surface area contributed by atoms with Crippen LogP contribution in [0.3, 0.4) is 0 Å². The lowest BCUT2D eigenvalue weighted by Gasteiger charge is -2.08. The molecule has 2 aromatic carbocycles. The fourth-order valence-corrected chi connectivity index (χ4v) is 2.19. The molecule has 0 aliphatic rings. The number of nitrogens with two attached hydrogens (primary N) is 1. The molecule has 21 heavy (non-hydrogen) atoms. The van der Waals surface area contributed by atoms with Gasteiger partial charge >= 0.3 is 0 Å². The zero-order valence-electron chi connectivity index (χ0n) is 10.2. The fourth-order valence-electron chi connectivity index (χ4n) is 2.03. The van der Waals surface area contributed by atoms with E-state index in [4.69, 9.17) is 17.3 Å². The number of nitrogens with zero attached hydrogens (tertiary/aromatic N) is 2. The van der Waals surface area contributed by atoms with Crippen molar-refractivity contribution in [1.29, 1.82) is 0 Å². The minimum atomic E-state index is -1.33. The van der Waals surface area contributed by atoms with Crippen molar-refractivity contribution in [2.24, 2.45) is 0 Å². The first-order valence-corrected chi connectivity index (χ1v) is 6.04. The van der Waals surface area contributed by atoms with Gasteiger partial charge in [-0.15, -0.1) is 0 Å². The van der Waals surface area contributed by atoms with E-state index in [0.29, 0.717) is 12.1 Å². The lowest BCUT2D eigenvalue weighted by Crippen LogP contribution is -2.04. The van der Waals surface area contributed by atoms with Gasteiger partial charge in [-0.25, -0.2) is 22.5 Å². The van der Waals surface area contributed by atoms with Crippen molar-refractivity contribution in [1.82, 2.24) is 9.55 Å². The molecule has 0 atom stereocenters. The topological polar surface area (TPSA) is 43.8 Å². The Bertz CT molecular complexity index is 876. The van der Waals surface area contributed by atoms with E-state index in [9.17, 15) is 17.6 Å². The molecule has 0 radical (unpaired) electrons. The third kappa shape index (κ3) is 2.09. The molecular formula is C13H6ClF4N3. The molecule has 0 fully saturated rings. The number of nitrogen functional groups attached to an aromatic ring is 1. The summed E-state index contributed by atoms with van der Waals surface area (Å²) in [6.45, 7) is 0. The van der Waals surface area contributed by atoms with Crippen LogP contribution in [0, 0.1) is 23.3 Å². The minimum Gasteiger partial charge on any atom is -0.369 e. The SMILES string of the molecule is Nc1nc2cc(F)c(Cl)cc2n1-c1cc(F)c(F)cc1F. The molecule has 2 N–H and O–H groups in total. The quantitative estimate of drug-likeness (QED) is 0.548. The molecule has 0 bridgehead atoms. The highest BCUT2D eigenvalue weighted by atomic mass is 35.5. The number of rotatable bonds is 1. The monoisotopic (exact) mass is 315 g/mol.